The molecule has 1 saturated heterocycles. The van der Waals surface area contributed by atoms with Gasteiger partial charge in [-0.15, -0.1) is 0 Å². The summed E-state index contributed by atoms with van der Waals surface area (Å²) in [5.41, 5.74) is 0. The highest BCUT2D eigenvalue weighted by Crippen LogP contribution is 2.22. The summed E-state index contributed by atoms with van der Waals surface area (Å²) in [6.45, 7) is 4.68. The van der Waals surface area contributed by atoms with E-state index >= 15 is 0 Å². The zero-order valence-corrected chi connectivity index (χ0v) is 30.8. The van der Waals surface area contributed by atoms with Crippen LogP contribution in [0.3, 0.4) is 0 Å². The lowest BCUT2D eigenvalue weighted by molar-refractivity contribution is 0.0981. The number of nitrogens with one attached hydrogen (secondary N) is 2. The number of hydrogen-bond donors (Lipinski definition) is 2. The van der Waals surface area contributed by atoms with Crippen molar-refractivity contribution in [2.24, 2.45) is 0 Å². The van der Waals surface area contributed by atoms with Crippen LogP contribution in [-0.4, -0.2) is 111 Å². The van der Waals surface area contributed by atoms with E-state index < -0.39 is 12.1 Å². The normalized spacial score (nSPS) is 14.6. The van der Waals surface area contributed by atoms with Crippen LogP contribution >= 0.6 is 0 Å². The molecule has 1 fully saturated rings. The van der Waals surface area contributed by atoms with Gasteiger partial charge in [-0.2, -0.15) is 0 Å². The molecule has 47 heavy (non-hydrogen) atoms. The quantitative estimate of drug-likeness (QED) is 0.101. The van der Waals surface area contributed by atoms with Gasteiger partial charge in [-0.25, -0.2) is 29.4 Å². The van der Waals surface area contributed by atoms with Crippen molar-refractivity contribution < 1.29 is 23.9 Å². The molecule has 7 amide bonds. The summed E-state index contributed by atoms with van der Waals surface area (Å²) in [7, 11) is 7.13. The Hall–Kier alpha value is -2.56. The molecule has 1 aliphatic rings. The number of piperidine rings is 1. The van der Waals surface area contributed by atoms with Crippen LogP contribution in [-0.2, 0) is 4.74 Å². The van der Waals surface area contributed by atoms with Gasteiger partial charge in [0, 0.05) is 46.2 Å². The van der Waals surface area contributed by atoms with Crippen molar-refractivity contribution in [2.45, 2.75) is 148 Å². The Morgan fingerprint density at radius 2 is 1.26 bits per heavy atom. The van der Waals surface area contributed by atoms with E-state index in [1.165, 1.54) is 93.3 Å². The fourth-order valence-electron chi connectivity index (χ4n) is 6.18. The molecule has 1 heterocycles. The van der Waals surface area contributed by atoms with Gasteiger partial charge in [0.1, 0.15) is 0 Å². The standard InChI is InChI=1S/C36H70N6O5/c1-6-7-8-9-10-11-12-13-14-15-16-17-18-19-20-22-30-42(33(43)37-2)36(46)41-29-23-21-25-32(41)26-31-47-35(45)38-34(44)40(5)28-24-27-39(3)4/h32H,6-31H2,1-5H3,(H,37,43)(H,38,44,45). The second-order valence-corrected chi connectivity index (χ2v) is 13.6. The van der Waals surface area contributed by atoms with E-state index in [0.29, 0.717) is 26.1 Å². The molecule has 11 heteroatoms. The minimum Gasteiger partial charge on any atom is -0.449 e. The van der Waals surface area contributed by atoms with Gasteiger partial charge in [-0.3, -0.25) is 0 Å². The van der Waals surface area contributed by atoms with Crippen molar-refractivity contribution in [1.82, 2.24) is 30.2 Å². The van der Waals surface area contributed by atoms with Crippen molar-refractivity contribution >= 4 is 24.2 Å². The molecule has 2 N–H and O–H groups in total. The highest BCUT2D eigenvalue weighted by molar-refractivity contribution is 5.93. The van der Waals surface area contributed by atoms with E-state index in [2.05, 4.69) is 17.6 Å². The number of ether oxygens (including phenoxy) is 1. The lowest BCUT2D eigenvalue weighted by Crippen LogP contribution is -2.54. The van der Waals surface area contributed by atoms with Crippen molar-refractivity contribution in [1.29, 1.82) is 0 Å². The Balaban J connectivity index is 2.33. The van der Waals surface area contributed by atoms with Crippen LogP contribution in [0, 0.1) is 0 Å². The number of rotatable bonds is 24. The lowest BCUT2D eigenvalue weighted by Gasteiger charge is -2.38. The fourth-order valence-corrected chi connectivity index (χ4v) is 6.18. The van der Waals surface area contributed by atoms with E-state index in [1.807, 2.05) is 19.0 Å². The van der Waals surface area contributed by atoms with Crippen LogP contribution in [0.25, 0.3) is 0 Å². The molecule has 0 aromatic rings. The summed E-state index contributed by atoms with van der Waals surface area (Å²) in [6.07, 6.45) is 23.5. The number of likely N-dealkylation sites (tertiary alicyclic amines) is 1. The molecule has 11 nitrogen and oxygen atoms in total. The summed E-state index contributed by atoms with van der Waals surface area (Å²) in [5.74, 6) is 0. The van der Waals surface area contributed by atoms with Crippen molar-refractivity contribution in [3.05, 3.63) is 0 Å². The Kier molecular flexibility index (Phi) is 24.8. The first-order valence-electron chi connectivity index (χ1n) is 18.8. The largest absolute Gasteiger partial charge is 0.449 e. The molecule has 274 valence electrons. The van der Waals surface area contributed by atoms with Crippen LogP contribution in [0.4, 0.5) is 19.2 Å². The first-order valence-corrected chi connectivity index (χ1v) is 18.8. The fraction of sp³-hybridized carbons (Fsp3) is 0.889. The molecule has 0 aliphatic carbocycles. The third-order valence-corrected chi connectivity index (χ3v) is 9.14. The van der Waals surface area contributed by atoms with E-state index in [-0.39, 0.29) is 24.7 Å². The van der Waals surface area contributed by atoms with Gasteiger partial charge in [-0.05, 0) is 52.7 Å². The number of amides is 7. The van der Waals surface area contributed by atoms with Crippen molar-refractivity contribution in [3.63, 3.8) is 0 Å². The van der Waals surface area contributed by atoms with Gasteiger partial charge in [0.15, 0.2) is 0 Å². The van der Waals surface area contributed by atoms with E-state index in [1.54, 1.807) is 19.0 Å². The van der Waals surface area contributed by atoms with Crippen molar-refractivity contribution in [2.75, 3.05) is 61.0 Å². The molecular formula is C36H70N6O5. The molecule has 1 aliphatic heterocycles. The Labute approximate surface area is 286 Å². The number of alkyl carbamates (subject to hydrolysis) is 1. The maximum Gasteiger partial charge on any atom is 0.415 e. The van der Waals surface area contributed by atoms with E-state index in [0.717, 1.165) is 51.5 Å². The molecule has 0 aromatic heterocycles. The van der Waals surface area contributed by atoms with Gasteiger partial charge in [-0.1, -0.05) is 103 Å². The van der Waals surface area contributed by atoms with Crippen LogP contribution in [0.15, 0.2) is 0 Å². The molecule has 0 aromatic carbocycles. The number of urea groups is 3. The minimum atomic E-state index is -0.793. The minimum absolute atomic E-state index is 0.0804. The number of carbonyl (C=O) groups is 4. The second kappa shape index (κ2) is 27.4. The second-order valence-electron chi connectivity index (χ2n) is 13.6. The van der Waals surface area contributed by atoms with E-state index in [9.17, 15) is 19.2 Å². The number of carbonyl (C=O) groups excluding carboxylic acids is 4. The summed E-state index contributed by atoms with van der Waals surface area (Å²) in [5, 5.41) is 4.90. The first-order chi connectivity index (χ1) is 22.7. The third kappa shape index (κ3) is 20.4. The Bertz CT molecular complexity index is 858. The lowest BCUT2D eigenvalue weighted by atomic mass is 10.00. The molecule has 1 rings (SSSR count). The van der Waals surface area contributed by atoms with Crippen LogP contribution < -0.4 is 10.6 Å². The highest BCUT2D eigenvalue weighted by atomic mass is 16.5. The molecular weight excluding hydrogens is 596 g/mol. The monoisotopic (exact) mass is 667 g/mol. The predicted octanol–water partition coefficient (Wildman–Crippen LogP) is 7.98. The number of unbranched alkanes of at least 4 members (excludes halogenated alkanes) is 15. The predicted molar refractivity (Wildman–Crippen MR) is 191 cm³/mol. The molecule has 0 radical (unpaired) electrons. The topological polar surface area (TPSA) is 115 Å². The first kappa shape index (κ1) is 42.5. The zero-order valence-electron chi connectivity index (χ0n) is 30.8. The molecule has 1 atom stereocenters. The van der Waals surface area contributed by atoms with Crippen LogP contribution in [0.2, 0.25) is 0 Å². The van der Waals surface area contributed by atoms with Gasteiger partial charge in [0.25, 0.3) is 0 Å². The van der Waals surface area contributed by atoms with E-state index in [4.69, 9.17) is 4.74 Å². The summed E-state index contributed by atoms with van der Waals surface area (Å²) in [6, 6.07) is -1.30. The average molecular weight is 667 g/mol. The molecule has 0 spiro atoms. The maximum absolute atomic E-state index is 13.6. The van der Waals surface area contributed by atoms with Gasteiger partial charge in [0.05, 0.1) is 6.61 Å². The zero-order chi connectivity index (χ0) is 34.7. The Morgan fingerprint density at radius 1 is 0.702 bits per heavy atom. The SMILES string of the molecule is CCCCCCCCCCCCCCCCCCN(C(=O)NC)C(=O)N1CCCCC1CCOC(=O)NC(=O)N(C)CCCN(C)C. The molecule has 0 bridgehead atoms. The number of hydrogen-bond acceptors (Lipinski definition) is 6. The highest BCUT2D eigenvalue weighted by Gasteiger charge is 2.32. The maximum atomic E-state index is 13.6. The van der Waals surface area contributed by atoms with Gasteiger partial charge in [0.2, 0.25) is 0 Å². The smallest absolute Gasteiger partial charge is 0.415 e. The van der Waals surface area contributed by atoms with Crippen LogP contribution in [0.5, 0.6) is 0 Å². The molecule has 0 saturated carbocycles. The molecule has 1 unspecified atom stereocenters. The summed E-state index contributed by atoms with van der Waals surface area (Å²) in [4.78, 5) is 57.4. The summed E-state index contributed by atoms with van der Waals surface area (Å²) >= 11 is 0. The Morgan fingerprint density at radius 3 is 1.79 bits per heavy atom. The summed E-state index contributed by atoms with van der Waals surface area (Å²) < 4.78 is 5.29. The van der Waals surface area contributed by atoms with Crippen LogP contribution in [0.1, 0.15) is 142 Å². The number of nitrogens with zero attached hydrogens (tertiary/aromatic N) is 4. The third-order valence-electron chi connectivity index (χ3n) is 9.14. The van der Waals surface area contributed by atoms with Gasteiger partial charge >= 0.3 is 24.2 Å². The average Bonchev–Trinajstić information content (AvgIpc) is 3.05. The van der Waals surface area contributed by atoms with Gasteiger partial charge < -0.3 is 24.8 Å². The number of imide groups is 2. The van der Waals surface area contributed by atoms with Crippen molar-refractivity contribution in [3.8, 4) is 0 Å².